The zero-order chi connectivity index (χ0) is 41.9. The Morgan fingerprint density at radius 3 is 1.73 bits per heavy atom. The Bertz CT molecular complexity index is 3210. The van der Waals surface area contributed by atoms with Crippen molar-refractivity contribution in [3.05, 3.63) is 170 Å². The molecule has 9 aromatic rings. The van der Waals surface area contributed by atoms with E-state index < -0.39 is 78.6 Å². The highest BCUT2D eigenvalue weighted by Crippen LogP contribution is 2.50. The lowest BCUT2D eigenvalue weighted by molar-refractivity contribution is 0.669. The largest absolute Gasteiger partial charge is 0.456 e. The molecule has 1 heteroatoms. The van der Waals surface area contributed by atoms with Gasteiger partial charge in [-0.1, -0.05) is 151 Å². The predicted octanol–water partition coefficient (Wildman–Crippen LogP) is 12.6. The normalized spacial score (nSPS) is 15.9. The zero-order valence-corrected chi connectivity index (χ0v) is 23.5. The summed E-state index contributed by atoms with van der Waals surface area (Å²) in [6.45, 7) is 0. The van der Waals surface area contributed by atoms with Crippen LogP contribution in [0, 0.1) is 0 Å². The molecule has 0 aliphatic carbocycles. The van der Waals surface area contributed by atoms with Crippen LogP contribution in [0.15, 0.2) is 174 Å². The molecule has 0 atom stereocenters. The number of hydrogen-bond donors (Lipinski definition) is 0. The number of benzene rings is 8. The minimum Gasteiger partial charge on any atom is -0.456 e. The van der Waals surface area contributed by atoms with Gasteiger partial charge in [0.05, 0.1) is 19.2 Å². The highest BCUT2D eigenvalue weighted by atomic mass is 16.3. The number of para-hydroxylation sites is 1. The maximum atomic E-state index is 9.57. The number of rotatable bonds is 4. The molecular formula is C44H28O. The molecule has 0 aliphatic heterocycles. The Morgan fingerprint density at radius 2 is 1.00 bits per heavy atom. The lowest BCUT2D eigenvalue weighted by atomic mass is 9.82. The third-order valence-corrected chi connectivity index (χ3v) is 8.14. The van der Waals surface area contributed by atoms with Gasteiger partial charge in [-0.05, 0) is 78.7 Å². The molecule has 45 heavy (non-hydrogen) atoms. The van der Waals surface area contributed by atoms with Gasteiger partial charge in [-0.25, -0.2) is 0 Å². The van der Waals surface area contributed by atoms with E-state index in [-0.39, 0.29) is 54.9 Å². The predicted molar refractivity (Wildman–Crippen MR) is 190 cm³/mol. The fraction of sp³-hybridized carbons (Fsp3) is 0. The molecule has 1 nitrogen and oxygen atoms in total. The minimum absolute atomic E-state index is 0.0519. The molecule has 0 bridgehead atoms. The van der Waals surface area contributed by atoms with Gasteiger partial charge < -0.3 is 4.42 Å². The second-order valence-corrected chi connectivity index (χ2v) is 10.6. The molecule has 0 unspecified atom stereocenters. The summed E-state index contributed by atoms with van der Waals surface area (Å²) in [6, 6.07) is 16.8. The van der Waals surface area contributed by atoms with Crippen molar-refractivity contribution in [2.45, 2.75) is 0 Å². The van der Waals surface area contributed by atoms with E-state index in [4.69, 9.17) is 18.1 Å². The summed E-state index contributed by atoms with van der Waals surface area (Å²) in [5, 5.41) is 0.501. The standard InChI is InChI=1S/C44H28O/c1-3-14-29(15-4-1)31-18-13-19-32(28-31)41-34-20-7-9-22-36(34)42(37-23-10-8-21-35(37)41)44-33(30-16-5-2-6-17-30)26-27-40-43(44)38-24-11-12-25-39(38)45-40/h1-28H/i1D,2D,5D,6D,7D,8D,9D,10D,16D,17D,20D,21D,22D,23D. The van der Waals surface area contributed by atoms with E-state index in [0.717, 1.165) is 5.56 Å². The average molecular weight is 587 g/mol. The van der Waals surface area contributed by atoms with Gasteiger partial charge in [0.1, 0.15) is 11.2 Å². The summed E-state index contributed by atoms with van der Waals surface area (Å²) in [5.74, 6) is 0. The molecule has 0 aliphatic rings. The summed E-state index contributed by atoms with van der Waals surface area (Å²) >= 11 is 0. The Balaban J connectivity index is 1.61. The van der Waals surface area contributed by atoms with Crippen molar-refractivity contribution in [3.8, 4) is 44.5 Å². The summed E-state index contributed by atoms with van der Waals surface area (Å²) in [6.07, 6.45) is 0. The van der Waals surface area contributed by atoms with E-state index in [2.05, 4.69) is 0 Å². The second kappa shape index (κ2) is 10.4. The first-order chi connectivity index (χ1) is 28.1. The van der Waals surface area contributed by atoms with Crippen molar-refractivity contribution >= 4 is 43.5 Å². The third kappa shape index (κ3) is 4.09. The van der Waals surface area contributed by atoms with Gasteiger partial charge in [0.25, 0.3) is 0 Å². The molecule has 0 saturated carbocycles. The molecule has 210 valence electrons. The smallest absolute Gasteiger partial charge is 0.136 e. The van der Waals surface area contributed by atoms with E-state index in [1.165, 1.54) is 6.07 Å². The Labute approximate surface area is 281 Å². The van der Waals surface area contributed by atoms with Crippen molar-refractivity contribution < 1.29 is 23.6 Å². The lowest BCUT2D eigenvalue weighted by Gasteiger charge is -2.20. The number of fused-ring (bicyclic) bond motifs is 5. The Hall–Kier alpha value is -5.92. The molecule has 1 aromatic heterocycles. The lowest BCUT2D eigenvalue weighted by Crippen LogP contribution is -1.94. The van der Waals surface area contributed by atoms with E-state index >= 15 is 0 Å². The van der Waals surface area contributed by atoms with Crippen LogP contribution in [0.1, 0.15) is 19.2 Å². The zero-order valence-electron chi connectivity index (χ0n) is 37.5. The van der Waals surface area contributed by atoms with Gasteiger partial charge in [-0.15, -0.1) is 0 Å². The summed E-state index contributed by atoms with van der Waals surface area (Å²) in [5.41, 5.74) is 2.45. The summed E-state index contributed by atoms with van der Waals surface area (Å²) in [7, 11) is 0. The van der Waals surface area contributed by atoms with Crippen molar-refractivity contribution in [3.63, 3.8) is 0 Å². The highest BCUT2D eigenvalue weighted by molar-refractivity contribution is 6.27. The van der Waals surface area contributed by atoms with Crippen molar-refractivity contribution in [2.75, 3.05) is 0 Å². The van der Waals surface area contributed by atoms with E-state index in [1.54, 1.807) is 72.8 Å². The van der Waals surface area contributed by atoms with Crippen LogP contribution >= 0.6 is 0 Å². The van der Waals surface area contributed by atoms with Gasteiger partial charge in [0.2, 0.25) is 0 Å². The van der Waals surface area contributed by atoms with Gasteiger partial charge in [-0.3, -0.25) is 0 Å². The van der Waals surface area contributed by atoms with Crippen LogP contribution in [-0.4, -0.2) is 0 Å². The quantitative estimate of drug-likeness (QED) is 0.187. The molecule has 0 radical (unpaired) electrons. The topological polar surface area (TPSA) is 13.1 Å². The van der Waals surface area contributed by atoms with Crippen LogP contribution in [0.4, 0.5) is 0 Å². The maximum absolute atomic E-state index is 9.57. The van der Waals surface area contributed by atoms with Crippen LogP contribution in [0.2, 0.25) is 0 Å². The van der Waals surface area contributed by atoms with Crippen LogP contribution in [0.3, 0.4) is 0 Å². The van der Waals surface area contributed by atoms with E-state index in [0.29, 0.717) is 33.5 Å². The highest BCUT2D eigenvalue weighted by Gasteiger charge is 2.23. The fourth-order valence-electron chi connectivity index (χ4n) is 6.27. The van der Waals surface area contributed by atoms with Crippen molar-refractivity contribution in [2.24, 2.45) is 0 Å². The Morgan fingerprint density at radius 1 is 0.378 bits per heavy atom. The number of hydrogen-bond acceptors (Lipinski definition) is 1. The SMILES string of the molecule is [2H]c1ccc(-c2cccc(-c3c4c([2H])c([2H])c([2H])c([2H])c4c(-c4c(-c5c([2H])c([2H])c([2H])c([2H])c5[2H])ccc5oc6ccccc6c45)c4c([2H])c([2H])c([2H])c([2H])c34)c2)cc1. The first-order valence-corrected chi connectivity index (χ1v) is 14.3. The number of furan rings is 1. The molecule has 1 heterocycles. The maximum Gasteiger partial charge on any atom is 0.136 e. The van der Waals surface area contributed by atoms with Gasteiger partial charge in [0, 0.05) is 16.3 Å². The molecule has 0 saturated heterocycles. The average Bonchev–Trinajstić information content (AvgIpc) is 3.63. The molecule has 9 rings (SSSR count). The fourth-order valence-corrected chi connectivity index (χ4v) is 6.27. The molecular weight excluding hydrogens is 544 g/mol. The summed E-state index contributed by atoms with van der Waals surface area (Å²) < 4.78 is 132. The molecule has 0 N–H and O–H groups in total. The van der Waals surface area contributed by atoms with Crippen molar-refractivity contribution in [1.82, 2.24) is 0 Å². The van der Waals surface area contributed by atoms with Gasteiger partial charge in [-0.2, -0.15) is 0 Å². The minimum atomic E-state index is -0.624. The van der Waals surface area contributed by atoms with Crippen LogP contribution in [0.5, 0.6) is 0 Å². The first kappa shape index (κ1) is 15.2. The van der Waals surface area contributed by atoms with Gasteiger partial charge in [0.15, 0.2) is 0 Å². The molecule has 0 spiro atoms. The van der Waals surface area contributed by atoms with Crippen LogP contribution in [-0.2, 0) is 0 Å². The second-order valence-electron chi connectivity index (χ2n) is 10.6. The third-order valence-electron chi connectivity index (χ3n) is 8.14. The molecule has 0 fully saturated rings. The Kier molecular flexibility index (Phi) is 3.50. The van der Waals surface area contributed by atoms with Crippen LogP contribution < -0.4 is 0 Å². The van der Waals surface area contributed by atoms with Crippen LogP contribution in [0.25, 0.3) is 88.0 Å². The summed E-state index contributed by atoms with van der Waals surface area (Å²) in [4.78, 5) is 0. The molecule has 8 aromatic carbocycles. The van der Waals surface area contributed by atoms with Gasteiger partial charge >= 0.3 is 0 Å². The van der Waals surface area contributed by atoms with Crippen molar-refractivity contribution in [1.29, 1.82) is 0 Å². The first-order valence-electron chi connectivity index (χ1n) is 21.3. The van der Waals surface area contributed by atoms with E-state index in [1.807, 2.05) is 6.07 Å². The van der Waals surface area contributed by atoms with E-state index in [9.17, 15) is 5.48 Å². The molecule has 0 amide bonds. The monoisotopic (exact) mass is 586 g/mol.